The largest absolute Gasteiger partial charge is 0.485 e. The number of carboxylic acids is 1. The number of hydrogen-bond acceptors (Lipinski definition) is 5. The molecule has 0 unspecified atom stereocenters. The van der Waals surface area contributed by atoms with Crippen LogP contribution in [0.1, 0.15) is 59.5 Å². The van der Waals surface area contributed by atoms with E-state index in [4.69, 9.17) is 16.3 Å². The lowest BCUT2D eigenvalue weighted by atomic mass is 10.1. The first kappa shape index (κ1) is 22.4. The molecule has 2 aliphatic rings. The number of halogens is 2. The third-order valence-electron chi connectivity index (χ3n) is 5.66. The van der Waals surface area contributed by atoms with Crippen LogP contribution in [0.5, 0.6) is 5.75 Å². The molecule has 2 atom stereocenters. The molecule has 32 heavy (non-hydrogen) atoms. The van der Waals surface area contributed by atoms with Crippen LogP contribution in [-0.2, 0) is 10.0 Å². The first-order valence-electron chi connectivity index (χ1n) is 10.1. The molecule has 0 saturated heterocycles. The van der Waals surface area contributed by atoms with E-state index in [1.165, 1.54) is 24.3 Å². The molecule has 0 amide bonds. The van der Waals surface area contributed by atoms with E-state index in [1.54, 1.807) is 6.07 Å². The van der Waals surface area contributed by atoms with Crippen LogP contribution < -0.4 is 9.46 Å². The lowest BCUT2D eigenvalue weighted by Gasteiger charge is -2.20. The van der Waals surface area contributed by atoms with Crippen LogP contribution in [0.15, 0.2) is 35.2 Å². The predicted molar refractivity (Wildman–Crippen MR) is 116 cm³/mol. The van der Waals surface area contributed by atoms with Gasteiger partial charge in [-0.1, -0.05) is 17.7 Å². The Morgan fingerprint density at radius 2 is 1.97 bits per heavy atom. The molecule has 4 rings (SSSR count). The highest BCUT2D eigenvalue weighted by Crippen LogP contribution is 2.42. The number of nitrogens with one attached hydrogen (secondary N) is 1. The molecule has 0 spiro atoms. The van der Waals surface area contributed by atoms with Gasteiger partial charge in [-0.25, -0.2) is 17.6 Å². The number of carbonyl (C=O) groups is 1. The van der Waals surface area contributed by atoms with Gasteiger partial charge in [0, 0.05) is 6.07 Å². The van der Waals surface area contributed by atoms with Crippen LogP contribution in [0.2, 0.25) is 5.02 Å². The van der Waals surface area contributed by atoms with Gasteiger partial charge in [0.1, 0.15) is 29.0 Å². The van der Waals surface area contributed by atoms with Crippen molar-refractivity contribution in [3.05, 3.63) is 52.0 Å². The molecular weight excluding hydrogens is 459 g/mol. The number of nitriles is 1. The second-order valence-corrected chi connectivity index (χ2v) is 10.0. The van der Waals surface area contributed by atoms with Crippen molar-refractivity contribution >= 4 is 33.3 Å². The van der Waals surface area contributed by atoms with E-state index in [0.29, 0.717) is 19.3 Å². The molecule has 2 saturated carbocycles. The summed E-state index contributed by atoms with van der Waals surface area (Å²) in [6.07, 6.45) is 1.27. The Hall–Kier alpha value is -2.83. The number of alkyl halides is 1. The van der Waals surface area contributed by atoms with Gasteiger partial charge in [0.25, 0.3) is 10.0 Å². The molecule has 168 valence electrons. The molecule has 2 fully saturated rings. The zero-order valence-corrected chi connectivity index (χ0v) is 18.4. The van der Waals surface area contributed by atoms with Gasteiger partial charge in [-0.05, 0) is 61.8 Å². The summed E-state index contributed by atoms with van der Waals surface area (Å²) >= 11 is 6.09. The lowest BCUT2D eigenvalue weighted by molar-refractivity contribution is 0.0692. The maximum absolute atomic E-state index is 14.1. The zero-order chi connectivity index (χ0) is 23.0. The molecule has 7 nitrogen and oxygen atoms in total. The molecule has 0 heterocycles. The second kappa shape index (κ2) is 8.60. The van der Waals surface area contributed by atoms with E-state index < -0.39 is 33.2 Å². The van der Waals surface area contributed by atoms with E-state index >= 15 is 0 Å². The highest BCUT2D eigenvalue weighted by atomic mass is 35.5. The first-order chi connectivity index (χ1) is 15.2. The van der Waals surface area contributed by atoms with Gasteiger partial charge in [0.2, 0.25) is 0 Å². The standard InChI is InChI=1S/C22H20ClFN2O5S/c23-16-10-20(31-19-3-1-2-17(19)24)18(8-14(16)11-25)26-32(29,30)21-9-13(12-4-5-12)6-7-15(21)22(27)28/h6-10,12,17,19,26H,1-5H2,(H,27,28)/t17-,19+/m0/s1. The maximum atomic E-state index is 14.1. The van der Waals surface area contributed by atoms with Crippen molar-refractivity contribution in [3.8, 4) is 11.8 Å². The molecular formula is C22H20ClFN2O5S. The number of hydrogen-bond donors (Lipinski definition) is 2. The minimum Gasteiger partial charge on any atom is -0.485 e. The summed E-state index contributed by atoms with van der Waals surface area (Å²) in [5.41, 5.74) is 0.244. The van der Waals surface area contributed by atoms with Crippen LogP contribution in [0, 0.1) is 11.3 Å². The fourth-order valence-electron chi connectivity index (χ4n) is 3.80. The van der Waals surface area contributed by atoms with E-state index in [9.17, 15) is 28.0 Å². The summed E-state index contributed by atoms with van der Waals surface area (Å²) in [5.74, 6) is -1.21. The molecule has 10 heteroatoms. The highest BCUT2D eigenvalue weighted by molar-refractivity contribution is 7.92. The van der Waals surface area contributed by atoms with Gasteiger partial charge in [0.15, 0.2) is 0 Å². The Morgan fingerprint density at radius 3 is 2.56 bits per heavy atom. The van der Waals surface area contributed by atoms with Crippen LogP contribution in [0.25, 0.3) is 0 Å². The number of ether oxygens (including phenoxy) is 1. The Bertz CT molecular complexity index is 1220. The van der Waals surface area contributed by atoms with Gasteiger partial charge < -0.3 is 9.84 Å². The zero-order valence-electron chi connectivity index (χ0n) is 16.8. The minimum atomic E-state index is -4.38. The van der Waals surface area contributed by atoms with Crippen LogP contribution in [-0.4, -0.2) is 31.8 Å². The molecule has 0 bridgehead atoms. The Kier molecular flexibility index (Phi) is 6.01. The van der Waals surface area contributed by atoms with Gasteiger partial charge in [-0.3, -0.25) is 4.72 Å². The molecule has 2 aromatic carbocycles. The van der Waals surface area contributed by atoms with Crippen LogP contribution in [0.3, 0.4) is 0 Å². The second-order valence-electron chi connectivity index (χ2n) is 7.98. The van der Waals surface area contributed by atoms with Gasteiger partial charge in [-0.15, -0.1) is 0 Å². The van der Waals surface area contributed by atoms with Gasteiger partial charge >= 0.3 is 5.97 Å². The number of carboxylic acid groups (broad SMARTS) is 1. The van der Waals surface area contributed by atoms with Crippen molar-refractivity contribution in [1.29, 1.82) is 5.26 Å². The fraction of sp³-hybridized carbons (Fsp3) is 0.364. The van der Waals surface area contributed by atoms with Gasteiger partial charge in [-0.2, -0.15) is 5.26 Å². The van der Waals surface area contributed by atoms with Crippen molar-refractivity contribution in [1.82, 2.24) is 0 Å². The Morgan fingerprint density at radius 1 is 1.22 bits per heavy atom. The quantitative estimate of drug-likeness (QED) is 0.587. The summed E-state index contributed by atoms with van der Waals surface area (Å²) in [6.45, 7) is 0. The van der Waals surface area contributed by atoms with E-state index in [-0.39, 0.29) is 33.5 Å². The number of nitrogens with zero attached hydrogens (tertiary/aromatic N) is 1. The van der Waals surface area contributed by atoms with Crippen molar-refractivity contribution in [3.63, 3.8) is 0 Å². The number of rotatable bonds is 7. The molecule has 2 aliphatic carbocycles. The molecule has 2 N–H and O–H groups in total. The maximum Gasteiger partial charge on any atom is 0.337 e. The average molecular weight is 479 g/mol. The molecule has 0 aliphatic heterocycles. The van der Waals surface area contributed by atoms with E-state index in [0.717, 1.165) is 18.4 Å². The molecule has 2 aromatic rings. The monoisotopic (exact) mass is 478 g/mol. The van der Waals surface area contributed by atoms with Crippen molar-refractivity contribution in [2.24, 2.45) is 0 Å². The van der Waals surface area contributed by atoms with Crippen molar-refractivity contribution in [2.75, 3.05) is 4.72 Å². The number of anilines is 1. The summed E-state index contributed by atoms with van der Waals surface area (Å²) in [7, 11) is -4.38. The highest BCUT2D eigenvalue weighted by Gasteiger charge is 2.32. The predicted octanol–water partition coefficient (Wildman–Crippen LogP) is 4.86. The summed E-state index contributed by atoms with van der Waals surface area (Å²) in [5, 5.41) is 18.8. The SMILES string of the molecule is N#Cc1cc(NS(=O)(=O)c2cc(C3CC3)ccc2C(=O)O)c(O[C@@H]2CCC[C@@H]2F)cc1Cl. The fourth-order valence-corrected chi connectivity index (χ4v) is 5.29. The van der Waals surface area contributed by atoms with E-state index in [2.05, 4.69) is 4.72 Å². The topological polar surface area (TPSA) is 116 Å². The Balaban J connectivity index is 1.75. The summed E-state index contributed by atoms with van der Waals surface area (Å²) in [4.78, 5) is 11.3. The summed E-state index contributed by atoms with van der Waals surface area (Å²) in [6, 6.07) is 8.58. The van der Waals surface area contributed by atoms with Crippen molar-refractivity contribution in [2.45, 2.75) is 55.2 Å². The smallest absolute Gasteiger partial charge is 0.337 e. The van der Waals surface area contributed by atoms with E-state index in [1.807, 2.05) is 6.07 Å². The number of benzene rings is 2. The lowest BCUT2D eigenvalue weighted by Crippen LogP contribution is -2.24. The number of sulfonamides is 1. The minimum absolute atomic E-state index is 0.00914. The van der Waals surface area contributed by atoms with Gasteiger partial charge in [0.05, 0.1) is 21.8 Å². The normalized spacial score (nSPS) is 20.5. The van der Waals surface area contributed by atoms with Crippen molar-refractivity contribution < 1.29 is 27.4 Å². The third-order valence-corrected chi connectivity index (χ3v) is 7.38. The number of aromatic carboxylic acids is 1. The van der Waals surface area contributed by atoms with Crippen LogP contribution in [0.4, 0.5) is 10.1 Å². The summed E-state index contributed by atoms with van der Waals surface area (Å²) < 4.78 is 48.6. The molecule has 0 radical (unpaired) electrons. The third kappa shape index (κ3) is 4.52. The first-order valence-corrected chi connectivity index (χ1v) is 12.0. The Labute approximate surface area is 189 Å². The average Bonchev–Trinajstić information content (AvgIpc) is 3.52. The van der Waals surface area contributed by atoms with Crippen LogP contribution >= 0.6 is 11.6 Å². The molecule has 0 aromatic heterocycles.